The van der Waals surface area contributed by atoms with Crippen LogP contribution in [0.4, 0.5) is 0 Å². The Morgan fingerprint density at radius 1 is 1.05 bits per heavy atom. The second-order valence-corrected chi connectivity index (χ2v) is 6.51. The first-order chi connectivity index (χ1) is 10.6. The number of hydrogen-bond donors (Lipinski definition) is 3. The van der Waals surface area contributed by atoms with Crippen molar-refractivity contribution in [2.24, 2.45) is 17.1 Å². The lowest BCUT2D eigenvalue weighted by Crippen LogP contribution is -2.47. The van der Waals surface area contributed by atoms with Gasteiger partial charge >= 0.3 is 0 Å². The van der Waals surface area contributed by atoms with E-state index >= 15 is 0 Å². The van der Waals surface area contributed by atoms with Crippen LogP contribution >= 0.6 is 0 Å². The number of carbonyl (C=O) groups excluding carboxylic acids is 2. The molecule has 0 saturated heterocycles. The molecule has 0 spiro atoms. The minimum absolute atomic E-state index is 0.00142. The van der Waals surface area contributed by atoms with E-state index in [1.54, 1.807) is 0 Å². The van der Waals surface area contributed by atoms with E-state index < -0.39 is 5.41 Å². The normalized spacial score (nSPS) is 16.3. The van der Waals surface area contributed by atoms with Crippen LogP contribution in [0.25, 0.3) is 0 Å². The molecule has 0 bridgehead atoms. The topological polar surface area (TPSA) is 84.2 Å². The third-order valence-corrected chi connectivity index (χ3v) is 5.16. The average Bonchev–Trinajstić information content (AvgIpc) is 2.55. The second-order valence-electron chi connectivity index (χ2n) is 6.51. The molecule has 0 aliphatic heterocycles. The fraction of sp³-hybridized carbons (Fsp3) is 0.882. The summed E-state index contributed by atoms with van der Waals surface area (Å²) in [6.45, 7) is 5.30. The van der Waals surface area contributed by atoms with Crippen LogP contribution in [0.15, 0.2) is 0 Å². The van der Waals surface area contributed by atoms with E-state index in [4.69, 9.17) is 5.73 Å². The highest BCUT2D eigenvalue weighted by Crippen LogP contribution is 2.26. The highest BCUT2D eigenvalue weighted by Gasteiger charge is 2.32. The van der Waals surface area contributed by atoms with E-state index in [0.29, 0.717) is 32.0 Å². The zero-order valence-electron chi connectivity index (χ0n) is 14.2. The van der Waals surface area contributed by atoms with Crippen molar-refractivity contribution in [1.29, 1.82) is 0 Å². The van der Waals surface area contributed by atoms with Crippen molar-refractivity contribution in [1.82, 2.24) is 10.6 Å². The highest BCUT2D eigenvalue weighted by atomic mass is 16.2. The summed E-state index contributed by atoms with van der Waals surface area (Å²) in [5.41, 5.74) is 5.29. The van der Waals surface area contributed by atoms with Gasteiger partial charge in [0.25, 0.3) is 0 Å². The summed E-state index contributed by atoms with van der Waals surface area (Å²) in [7, 11) is 0. The van der Waals surface area contributed by atoms with E-state index in [9.17, 15) is 9.59 Å². The first-order valence-corrected chi connectivity index (χ1v) is 8.83. The maximum Gasteiger partial charge on any atom is 0.227 e. The van der Waals surface area contributed by atoms with Crippen molar-refractivity contribution in [3.8, 4) is 0 Å². The summed E-state index contributed by atoms with van der Waals surface area (Å²) < 4.78 is 0. The van der Waals surface area contributed by atoms with Gasteiger partial charge in [0.2, 0.25) is 11.8 Å². The number of nitrogens with two attached hydrogens (primary N) is 1. The smallest absolute Gasteiger partial charge is 0.227 e. The molecule has 0 aromatic carbocycles. The van der Waals surface area contributed by atoms with Crippen molar-refractivity contribution in [3.05, 3.63) is 0 Å². The Labute approximate surface area is 134 Å². The molecule has 5 heteroatoms. The summed E-state index contributed by atoms with van der Waals surface area (Å²) in [4.78, 5) is 24.1. The molecule has 1 saturated carbocycles. The molecule has 0 radical (unpaired) electrons. The third kappa shape index (κ3) is 5.59. The van der Waals surface area contributed by atoms with E-state index in [1.807, 2.05) is 13.8 Å². The fourth-order valence-electron chi connectivity index (χ4n) is 3.24. The van der Waals surface area contributed by atoms with Crippen LogP contribution in [0, 0.1) is 11.3 Å². The first-order valence-electron chi connectivity index (χ1n) is 8.83. The number of carbonyl (C=O) groups is 2. The van der Waals surface area contributed by atoms with Crippen LogP contribution < -0.4 is 16.4 Å². The lowest BCUT2D eigenvalue weighted by atomic mass is 9.81. The lowest BCUT2D eigenvalue weighted by molar-refractivity contribution is -0.131. The molecule has 1 aliphatic rings. The molecule has 0 unspecified atom stereocenters. The Hall–Kier alpha value is -1.10. The molecule has 22 heavy (non-hydrogen) atoms. The molecule has 0 atom stereocenters. The molecule has 128 valence electrons. The van der Waals surface area contributed by atoms with Gasteiger partial charge in [-0.15, -0.1) is 0 Å². The standard InChI is InChI=1S/C17H33N3O2/c1-3-17(4-2,13-18)16(22)20-11-10-19-15(21)12-14-8-6-5-7-9-14/h14H,3-13,18H2,1-2H3,(H,19,21)(H,20,22). The molecule has 1 fully saturated rings. The Morgan fingerprint density at radius 2 is 1.64 bits per heavy atom. The monoisotopic (exact) mass is 311 g/mol. The van der Waals surface area contributed by atoms with Gasteiger partial charge in [0.05, 0.1) is 5.41 Å². The van der Waals surface area contributed by atoms with Crippen LogP contribution in [-0.4, -0.2) is 31.4 Å². The van der Waals surface area contributed by atoms with E-state index in [-0.39, 0.29) is 11.8 Å². The molecule has 5 nitrogen and oxygen atoms in total. The Bertz CT molecular complexity index is 340. The lowest BCUT2D eigenvalue weighted by Gasteiger charge is -2.28. The van der Waals surface area contributed by atoms with Gasteiger partial charge < -0.3 is 16.4 Å². The summed E-state index contributed by atoms with van der Waals surface area (Å²) in [6.07, 6.45) is 8.27. The largest absolute Gasteiger partial charge is 0.354 e. The average molecular weight is 311 g/mol. The number of nitrogens with one attached hydrogen (secondary N) is 2. The Morgan fingerprint density at radius 3 is 2.18 bits per heavy atom. The number of hydrogen-bond acceptors (Lipinski definition) is 3. The summed E-state index contributed by atoms with van der Waals surface area (Å²) >= 11 is 0. The molecule has 0 aromatic heterocycles. The third-order valence-electron chi connectivity index (χ3n) is 5.16. The molecular weight excluding hydrogens is 278 g/mol. The summed E-state index contributed by atoms with van der Waals surface area (Å²) in [5.74, 6) is 0.659. The van der Waals surface area contributed by atoms with Gasteiger partial charge in [0, 0.05) is 26.1 Å². The predicted molar refractivity (Wildman–Crippen MR) is 89.3 cm³/mol. The molecular formula is C17H33N3O2. The summed E-state index contributed by atoms with van der Waals surface area (Å²) in [6, 6.07) is 0. The van der Waals surface area contributed by atoms with Crippen molar-refractivity contribution in [3.63, 3.8) is 0 Å². The number of rotatable bonds is 9. The molecule has 4 N–H and O–H groups in total. The van der Waals surface area contributed by atoms with E-state index in [2.05, 4.69) is 10.6 Å². The van der Waals surface area contributed by atoms with Gasteiger partial charge in [-0.1, -0.05) is 33.1 Å². The van der Waals surface area contributed by atoms with Crippen LogP contribution in [0.3, 0.4) is 0 Å². The van der Waals surface area contributed by atoms with E-state index in [1.165, 1.54) is 32.1 Å². The zero-order valence-corrected chi connectivity index (χ0v) is 14.2. The molecule has 2 amide bonds. The Kier molecular flexibility index (Phi) is 8.46. The van der Waals surface area contributed by atoms with Gasteiger partial charge in [-0.2, -0.15) is 0 Å². The second kappa shape index (κ2) is 9.82. The van der Waals surface area contributed by atoms with Crippen molar-refractivity contribution >= 4 is 11.8 Å². The van der Waals surface area contributed by atoms with Crippen LogP contribution in [0.1, 0.15) is 65.2 Å². The van der Waals surface area contributed by atoms with Gasteiger partial charge in [-0.05, 0) is 31.6 Å². The van der Waals surface area contributed by atoms with Gasteiger partial charge in [-0.25, -0.2) is 0 Å². The first kappa shape index (κ1) is 18.9. The maximum absolute atomic E-state index is 12.2. The van der Waals surface area contributed by atoms with Gasteiger partial charge in [0.1, 0.15) is 0 Å². The van der Waals surface area contributed by atoms with Crippen LogP contribution in [-0.2, 0) is 9.59 Å². The number of amides is 2. The summed E-state index contributed by atoms with van der Waals surface area (Å²) in [5, 5.41) is 5.81. The molecule has 0 heterocycles. The quantitative estimate of drug-likeness (QED) is 0.569. The van der Waals surface area contributed by atoms with Crippen LogP contribution in [0.5, 0.6) is 0 Å². The van der Waals surface area contributed by atoms with Crippen molar-refractivity contribution < 1.29 is 9.59 Å². The maximum atomic E-state index is 12.2. The van der Waals surface area contributed by atoms with Crippen LogP contribution in [0.2, 0.25) is 0 Å². The Balaban J connectivity index is 2.21. The van der Waals surface area contributed by atoms with Crippen molar-refractivity contribution in [2.45, 2.75) is 65.2 Å². The molecule has 0 aromatic rings. The van der Waals surface area contributed by atoms with Gasteiger partial charge in [-0.3, -0.25) is 9.59 Å². The molecule has 1 rings (SSSR count). The van der Waals surface area contributed by atoms with Crippen molar-refractivity contribution in [2.75, 3.05) is 19.6 Å². The zero-order chi connectivity index (χ0) is 16.4. The minimum Gasteiger partial charge on any atom is -0.354 e. The highest BCUT2D eigenvalue weighted by molar-refractivity contribution is 5.83. The minimum atomic E-state index is -0.466. The van der Waals surface area contributed by atoms with Gasteiger partial charge in [0.15, 0.2) is 0 Å². The van der Waals surface area contributed by atoms with E-state index in [0.717, 1.165) is 12.8 Å². The molecule has 1 aliphatic carbocycles. The fourth-order valence-corrected chi connectivity index (χ4v) is 3.24. The predicted octanol–water partition coefficient (Wildman–Crippen LogP) is 1.95. The SMILES string of the molecule is CCC(CC)(CN)C(=O)NCCNC(=O)CC1CCCCC1.